The van der Waals surface area contributed by atoms with Crippen LogP contribution in [0.15, 0.2) is 46.7 Å². The first-order valence-electron chi connectivity index (χ1n) is 7.78. The number of hydrogen-bond donors (Lipinski definition) is 1. The summed E-state index contributed by atoms with van der Waals surface area (Å²) in [5.74, 6) is -0.144. The minimum absolute atomic E-state index is 0.144. The Kier molecular flexibility index (Phi) is 6.34. The molecule has 0 saturated heterocycles. The van der Waals surface area contributed by atoms with Gasteiger partial charge in [0.05, 0.1) is 11.4 Å². The Labute approximate surface area is 153 Å². The average molecular weight is 382 g/mol. The van der Waals surface area contributed by atoms with Crippen molar-refractivity contribution in [1.82, 2.24) is 9.21 Å². The second-order valence-electron chi connectivity index (χ2n) is 5.97. The number of hydrogen-bond acceptors (Lipinski definition) is 5. The lowest BCUT2D eigenvalue weighted by molar-refractivity contribution is -0.117. The van der Waals surface area contributed by atoms with Gasteiger partial charge in [-0.05, 0) is 49.7 Å². The lowest BCUT2D eigenvalue weighted by Crippen LogP contribution is -2.31. The summed E-state index contributed by atoms with van der Waals surface area (Å²) in [5, 5.41) is 4.81. The van der Waals surface area contributed by atoms with Gasteiger partial charge in [-0.3, -0.25) is 9.69 Å². The Balaban J connectivity index is 1.97. The maximum atomic E-state index is 12.2. The van der Waals surface area contributed by atoms with E-state index in [4.69, 9.17) is 0 Å². The molecule has 0 fully saturated rings. The number of benzene rings is 1. The van der Waals surface area contributed by atoms with Crippen LogP contribution in [0, 0.1) is 0 Å². The molecular formula is C17H23N3O3S2. The Morgan fingerprint density at radius 1 is 1.16 bits per heavy atom. The van der Waals surface area contributed by atoms with Crippen LogP contribution in [0.4, 0.5) is 5.69 Å². The van der Waals surface area contributed by atoms with Crippen molar-refractivity contribution >= 4 is 33.0 Å². The summed E-state index contributed by atoms with van der Waals surface area (Å²) in [6.45, 7) is 2.30. The third kappa shape index (κ3) is 4.88. The molecule has 1 aromatic carbocycles. The number of carbonyl (C=O) groups is 1. The zero-order valence-corrected chi connectivity index (χ0v) is 16.4. The fraction of sp³-hybridized carbons (Fsp3) is 0.353. The molecule has 0 saturated carbocycles. The number of carbonyl (C=O) groups excluding carboxylic acids is 1. The van der Waals surface area contributed by atoms with Crippen LogP contribution < -0.4 is 5.32 Å². The number of anilines is 1. The molecule has 0 aliphatic carbocycles. The van der Waals surface area contributed by atoms with E-state index in [9.17, 15) is 13.2 Å². The van der Waals surface area contributed by atoms with Crippen molar-refractivity contribution in [2.24, 2.45) is 0 Å². The van der Waals surface area contributed by atoms with E-state index in [1.165, 1.54) is 31.1 Å². The molecule has 0 aliphatic rings. The predicted octanol–water partition coefficient (Wildman–Crippen LogP) is 2.63. The molecule has 1 N–H and O–H groups in total. The standard InChI is InChI=1S/C17H23N3O3S2/c1-13(16-6-5-11-24-16)20(4)12-17(21)18-14-7-9-15(10-8-14)25(22,23)19(2)3/h5-11,13H,12H2,1-4H3,(H,18,21). The summed E-state index contributed by atoms with van der Waals surface area (Å²) in [5.41, 5.74) is 0.569. The highest BCUT2D eigenvalue weighted by molar-refractivity contribution is 7.89. The number of rotatable bonds is 7. The SMILES string of the molecule is CC(c1cccs1)N(C)CC(=O)Nc1ccc(S(=O)(=O)N(C)C)cc1. The molecule has 0 bridgehead atoms. The second-order valence-corrected chi connectivity index (χ2v) is 9.10. The van der Waals surface area contributed by atoms with Gasteiger partial charge >= 0.3 is 0 Å². The number of likely N-dealkylation sites (N-methyl/N-ethyl adjacent to an activating group) is 1. The summed E-state index contributed by atoms with van der Waals surface area (Å²) in [6.07, 6.45) is 0. The Bertz CT molecular complexity index is 800. The van der Waals surface area contributed by atoms with E-state index in [-0.39, 0.29) is 23.4 Å². The van der Waals surface area contributed by atoms with Gasteiger partial charge in [-0.2, -0.15) is 0 Å². The molecule has 25 heavy (non-hydrogen) atoms. The van der Waals surface area contributed by atoms with Crippen molar-refractivity contribution in [3.05, 3.63) is 46.7 Å². The Morgan fingerprint density at radius 3 is 2.32 bits per heavy atom. The van der Waals surface area contributed by atoms with Crippen LogP contribution in [0.3, 0.4) is 0 Å². The van der Waals surface area contributed by atoms with E-state index in [0.29, 0.717) is 5.69 Å². The van der Waals surface area contributed by atoms with Crippen molar-refractivity contribution in [3.63, 3.8) is 0 Å². The van der Waals surface area contributed by atoms with Crippen molar-refractivity contribution in [2.45, 2.75) is 17.9 Å². The first-order chi connectivity index (χ1) is 11.7. The van der Waals surface area contributed by atoms with Crippen LogP contribution in [-0.2, 0) is 14.8 Å². The summed E-state index contributed by atoms with van der Waals surface area (Å²) < 4.78 is 25.2. The summed E-state index contributed by atoms with van der Waals surface area (Å²) in [6, 6.07) is 10.4. The lowest BCUT2D eigenvalue weighted by Gasteiger charge is -2.23. The van der Waals surface area contributed by atoms with Crippen molar-refractivity contribution in [2.75, 3.05) is 33.0 Å². The predicted molar refractivity (Wildman–Crippen MR) is 101 cm³/mol. The van der Waals surface area contributed by atoms with E-state index in [2.05, 4.69) is 12.2 Å². The first kappa shape index (κ1) is 19.6. The van der Waals surface area contributed by atoms with Gasteiger partial charge in [0.25, 0.3) is 0 Å². The topological polar surface area (TPSA) is 69.7 Å². The number of thiophene rings is 1. The molecule has 1 heterocycles. The average Bonchev–Trinajstić information content (AvgIpc) is 3.08. The molecule has 1 aromatic heterocycles. The van der Waals surface area contributed by atoms with Crippen LogP contribution in [0.2, 0.25) is 0 Å². The highest BCUT2D eigenvalue weighted by atomic mass is 32.2. The van der Waals surface area contributed by atoms with Crippen LogP contribution in [0.25, 0.3) is 0 Å². The molecule has 2 aromatic rings. The summed E-state index contributed by atoms with van der Waals surface area (Å²) >= 11 is 1.66. The molecule has 0 spiro atoms. The van der Waals surface area contributed by atoms with Crippen molar-refractivity contribution in [1.29, 1.82) is 0 Å². The number of amides is 1. The molecule has 6 nitrogen and oxygen atoms in total. The van der Waals surface area contributed by atoms with Crippen LogP contribution in [0.5, 0.6) is 0 Å². The van der Waals surface area contributed by atoms with E-state index in [1.54, 1.807) is 23.5 Å². The highest BCUT2D eigenvalue weighted by Crippen LogP contribution is 2.23. The number of nitrogens with zero attached hydrogens (tertiary/aromatic N) is 2. The van der Waals surface area contributed by atoms with Gasteiger partial charge in [0.15, 0.2) is 0 Å². The van der Waals surface area contributed by atoms with Crippen molar-refractivity contribution in [3.8, 4) is 0 Å². The zero-order chi connectivity index (χ0) is 18.6. The molecule has 1 atom stereocenters. The van der Waals surface area contributed by atoms with Gasteiger partial charge in [-0.25, -0.2) is 12.7 Å². The van der Waals surface area contributed by atoms with Crippen LogP contribution in [-0.4, -0.2) is 51.2 Å². The molecule has 136 valence electrons. The molecule has 1 unspecified atom stereocenters. The van der Waals surface area contributed by atoms with Gasteiger partial charge in [0.1, 0.15) is 0 Å². The largest absolute Gasteiger partial charge is 0.325 e. The van der Waals surface area contributed by atoms with E-state index in [0.717, 1.165) is 4.31 Å². The zero-order valence-electron chi connectivity index (χ0n) is 14.8. The van der Waals surface area contributed by atoms with Gasteiger partial charge in [-0.15, -0.1) is 11.3 Å². The van der Waals surface area contributed by atoms with Crippen LogP contribution >= 0.6 is 11.3 Å². The van der Waals surface area contributed by atoms with Crippen molar-refractivity contribution < 1.29 is 13.2 Å². The Hall–Kier alpha value is -1.74. The normalized spacial score (nSPS) is 13.2. The molecule has 2 rings (SSSR count). The van der Waals surface area contributed by atoms with Crippen LogP contribution in [0.1, 0.15) is 17.8 Å². The number of sulfonamides is 1. The molecular weight excluding hydrogens is 358 g/mol. The minimum atomic E-state index is -3.46. The second kappa shape index (κ2) is 8.09. The molecule has 1 amide bonds. The van der Waals surface area contributed by atoms with E-state index >= 15 is 0 Å². The first-order valence-corrected chi connectivity index (χ1v) is 10.1. The fourth-order valence-corrected chi connectivity index (χ4v) is 3.98. The van der Waals surface area contributed by atoms with Gasteiger partial charge < -0.3 is 5.32 Å². The summed E-state index contributed by atoms with van der Waals surface area (Å²) in [7, 11) is 1.40. The third-order valence-electron chi connectivity index (χ3n) is 3.93. The number of nitrogens with one attached hydrogen (secondary N) is 1. The summed E-state index contributed by atoms with van der Waals surface area (Å²) in [4.78, 5) is 15.6. The van der Waals surface area contributed by atoms with E-state index < -0.39 is 10.0 Å². The Morgan fingerprint density at radius 2 is 1.80 bits per heavy atom. The minimum Gasteiger partial charge on any atom is -0.325 e. The quantitative estimate of drug-likeness (QED) is 0.800. The maximum Gasteiger partial charge on any atom is 0.242 e. The smallest absolute Gasteiger partial charge is 0.242 e. The van der Waals surface area contributed by atoms with Gasteiger partial charge in [0, 0.05) is 30.7 Å². The highest BCUT2D eigenvalue weighted by Gasteiger charge is 2.18. The fourth-order valence-electron chi connectivity index (χ4n) is 2.23. The third-order valence-corrected chi connectivity index (χ3v) is 6.80. The van der Waals surface area contributed by atoms with E-state index in [1.807, 2.05) is 29.5 Å². The molecule has 0 radical (unpaired) electrons. The molecule has 0 aliphatic heterocycles. The lowest BCUT2D eigenvalue weighted by atomic mass is 10.2. The molecule has 8 heteroatoms. The van der Waals surface area contributed by atoms with Gasteiger partial charge in [0.2, 0.25) is 15.9 Å². The monoisotopic (exact) mass is 381 g/mol. The van der Waals surface area contributed by atoms with Gasteiger partial charge in [-0.1, -0.05) is 6.07 Å². The maximum absolute atomic E-state index is 12.2.